The van der Waals surface area contributed by atoms with Gasteiger partial charge in [0.05, 0.1) is 13.1 Å². The molecule has 0 amide bonds. The Hall–Kier alpha value is -0.0400. The van der Waals surface area contributed by atoms with E-state index in [1.807, 2.05) is 0 Å². The van der Waals surface area contributed by atoms with Crippen LogP contribution >= 0.6 is 0 Å². The van der Waals surface area contributed by atoms with Crippen molar-refractivity contribution >= 4 is 0 Å². The van der Waals surface area contributed by atoms with E-state index in [0.717, 1.165) is 12.0 Å². The lowest BCUT2D eigenvalue weighted by Gasteiger charge is -2.11. The van der Waals surface area contributed by atoms with Crippen LogP contribution in [0.15, 0.2) is 0 Å². The molecular weight excluding hydrogens is 122 g/mol. The highest BCUT2D eigenvalue weighted by Crippen LogP contribution is 2.27. The Balaban J connectivity index is 2.11. The quantitative estimate of drug-likeness (QED) is 0.609. The maximum Gasteiger partial charge on any atom is 0.0831 e. The van der Waals surface area contributed by atoms with Gasteiger partial charge in [-0.05, 0) is 12.8 Å². The van der Waals surface area contributed by atoms with E-state index >= 15 is 0 Å². The summed E-state index contributed by atoms with van der Waals surface area (Å²) in [6.07, 6.45) is 7.41. The molecule has 1 rings (SSSR count). The van der Waals surface area contributed by atoms with Crippen LogP contribution in [0.4, 0.5) is 0 Å². The Morgan fingerprint density at radius 3 is 2.50 bits per heavy atom. The van der Waals surface area contributed by atoms with Crippen molar-refractivity contribution in [1.82, 2.24) is 0 Å². The maximum absolute atomic E-state index is 2.33. The topological polar surface area (TPSA) is 16.6 Å². The zero-order valence-corrected chi connectivity index (χ0v) is 7.27. The van der Waals surface area contributed by atoms with E-state index in [0.29, 0.717) is 0 Å². The van der Waals surface area contributed by atoms with Crippen molar-refractivity contribution in [3.05, 3.63) is 0 Å². The Labute approximate surface area is 64.2 Å². The molecule has 1 nitrogen and oxygen atoms in total. The summed E-state index contributed by atoms with van der Waals surface area (Å²) in [4.78, 5) is 0. The molecule has 1 atom stereocenters. The van der Waals surface area contributed by atoms with Gasteiger partial charge >= 0.3 is 0 Å². The standard InChI is InChI=1S/C9H19N/c1-8(10-2)7-9-5-3-4-6-9/h8-10H,3-7H2,1-2H3/p+1/t8-/m0/s1. The van der Waals surface area contributed by atoms with Gasteiger partial charge in [0.2, 0.25) is 0 Å². The molecule has 0 aromatic heterocycles. The largest absolute Gasteiger partial charge is 0.346 e. The average molecular weight is 142 g/mol. The van der Waals surface area contributed by atoms with Crippen molar-refractivity contribution in [3.63, 3.8) is 0 Å². The molecule has 2 N–H and O–H groups in total. The van der Waals surface area contributed by atoms with Gasteiger partial charge in [0, 0.05) is 6.42 Å². The van der Waals surface area contributed by atoms with Gasteiger partial charge in [-0.3, -0.25) is 0 Å². The fraction of sp³-hybridized carbons (Fsp3) is 1.00. The van der Waals surface area contributed by atoms with E-state index in [1.165, 1.54) is 32.1 Å². The summed E-state index contributed by atoms with van der Waals surface area (Å²) in [5.74, 6) is 1.06. The summed E-state index contributed by atoms with van der Waals surface area (Å²) in [5, 5.41) is 2.33. The summed E-state index contributed by atoms with van der Waals surface area (Å²) >= 11 is 0. The molecule has 1 saturated carbocycles. The van der Waals surface area contributed by atoms with E-state index < -0.39 is 0 Å². The van der Waals surface area contributed by atoms with E-state index in [4.69, 9.17) is 0 Å². The lowest BCUT2D eigenvalue weighted by atomic mass is 10.00. The molecule has 0 aliphatic heterocycles. The second kappa shape index (κ2) is 3.97. The zero-order chi connectivity index (χ0) is 7.40. The Bertz CT molecular complexity index is 84.7. The summed E-state index contributed by atoms with van der Waals surface area (Å²) in [7, 11) is 2.18. The van der Waals surface area contributed by atoms with Crippen molar-refractivity contribution in [2.45, 2.75) is 45.1 Å². The molecule has 1 heteroatoms. The van der Waals surface area contributed by atoms with Gasteiger partial charge in [-0.25, -0.2) is 0 Å². The first-order valence-electron chi connectivity index (χ1n) is 4.62. The van der Waals surface area contributed by atoms with Crippen LogP contribution in [0.25, 0.3) is 0 Å². The fourth-order valence-corrected chi connectivity index (χ4v) is 1.91. The summed E-state index contributed by atoms with van der Waals surface area (Å²) in [6.45, 7) is 2.33. The fourth-order valence-electron chi connectivity index (χ4n) is 1.91. The average Bonchev–Trinajstić information content (AvgIpc) is 2.40. The number of hydrogen-bond acceptors (Lipinski definition) is 0. The minimum Gasteiger partial charge on any atom is -0.346 e. The molecule has 60 valence electrons. The van der Waals surface area contributed by atoms with Crippen LogP contribution in [-0.4, -0.2) is 13.1 Å². The maximum atomic E-state index is 2.33. The number of hydrogen-bond donors (Lipinski definition) is 1. The summed E-state index contributed by atoms with van der Waals surface area (Å²) < 4.78 is 0. The smallest absolute Gasteiger partial charge is 0.0831 e. The first-order chi connectivity index (χ1) is 4.83. The second-order valence-electron chi connectivity index (χ2n) is 3.70. The molecule has 0 aromatic rings. The highest BCUT2D eigenvalue weighted by atomic mass is 14.8. The molecule has 0 saturated heterocycles. The van der Waals surface area contributed by atoms with Gasteiger partial charge in [0.25, 0.3) is 0 Å². The normalized spacial score (nSPS) is 23.4. The monoisotopic (exact) mass is 142 g/mol. The van der Waals surface area contributed by atoms with Gasteiger partial charge in [0.1, 0.15) is 0 Å². The van der Waals surface area contributed by atoms with Gasteiger partial charge < -0.3 is 5.32 Å². The molecule has 0 unspecified atom stereocenters. The van der Waals surface area contributed by atoms with Crippen LogP contribution in [0, 0.1) is 5.92 Å². The predicted octanol–water partition coefficient (Wildman–Crippen LogP) is 1.15. The van der Waals surface area contributed by atoms with E-state index in [9.17, 15) is 0 Å². The number of nitrogens with two attached hydrogens (primary N) is 1. The van der Waals surface area contributed by atoms with Crippen molar-refractivity contribution in [3.8, 4) is 0 Å². The molecule has 0 bridgehead atoms. The lowest BCUT2D eigenvalue weighted by molar-refractivity contribution is -0.661. The van der Waals surface area contributed by atoms with E-state index in [2.05, 4.69) is 19.3 Å². The van der Waals surface area contributed by atoms with Gasteiger partial charge in [-0.2, -0.15) is 0 Å². The molecule has 1 aliphatic rings. The predicted molar refractivity (Wildman–Crippen MR) is 43.9 cm³/mol. The van der Waals surface area contributed by atoms with Gasteiger partial charge in [-0.15, -0.1) is 0 Å². The Morgan fingerprint density at radius 2 is 2.00 bits per heavy atom. The van der Waals surface area contributed by atoms with Crippen LogP contribution in [0.3, 0.4) is 0 Å². The molecule has 1 aliphatic carbocycles. The first-order valence-corrected chi connectivity index (χ1v) is 4.62. The molecular formula is C9H20N+. The summed E-state index contributed by atoms with van der Waals surface area (Å²) in [6, 6.07) is 0.850. The third kappa shape index (κ3) is 2.30. The molecule has 0 radical (unpaired) electrons. The molecule has 0 spiro atoms. The van der Waals surface area contributed by atoms with Crippen LogP contribution in [0.5, 0.6) is 0 Å². The van der Waals surface area contributed by atoms with Crippen molar-refractivity contribution in [1.29, 1.82) is 0 Å². The number of rotatable bonds is 3. The van der Waals surface area contributed by atoms with Crippen molar-refractivity contribution in [2.75, 3.05) is 7.05 Å². The van der Waals surface area contributed by atoms with Gasteiger partial charge in [0.15, 0.2) is 0 Å². The van der Waals surface area contributed by atoms with E-state index in [-0.39, 0.29) is 0 Å². The minimum absolute atomic E-state index is 0.850. The summed E-state index contributed by atoms with van der Waals surface area (Å²) in [5.41, 5.74) is 0. The van der Waals surface area contributed by atoms with Crippen LogP contribution in [0.1, 0.15) is 39.0 Å². The molecule has 10 heavy (non-hydrogen) atoms. The second-order valence-corrected chi connectivity index (χ2v) is 3.70. The Kier molecular flexibility index (Phi) is 3.20. The first kappa shape index (κ1) is 8.06. The lowest BCUT2D eigenvalue weighted by Crippen LogP contribution is -2.85. The molecule has 0 heterocycles. The van der Waals surface area contributed by atoms with Crippen LogP contribution < -0.4 is 5.32 Å². The highest BCUT2D eigenvalue weighted by molar-refractivity contribution is 4.68. The minimum atomic E-state index is 0.850. The Morgan fingerprint density at radius 1 is 1.40 bits per heavy atom. The van der Waals surface area contributed by atoms with Crippen molar-refractivity contribution < 1.29 is 5.32 Å². The van der Waals surface area contributed by atoms with Crippen LogP contribution in [-0.2, 0) is 0 Å². The zero-order valence-electron chi connectivity index (χ0n) is 7.27. The van der Waals surface area contributed by atoms with Gasteiger partial charge in [-0.1, -0.05) is 25.7 Å². The molecule has 1 fully saturated rings. The highest BCUT2D eigenvalue weighted by Gasteiger charge is 2.17. The number of quaternary nitrogens is 1. The molecule has 0 aromatic carbocycles. The van der Waals surface area contributed by atoms with Crippen molar-refractivity contribution in [2.24, 2.45) is 5.92 Å². The van der Waals surface area contributed by atoms with E-state index in [1.54, 1.807) is 0 Å². The third-order valence-corrected chi connectivity index (χ3v) is 2.75. The third-order valence-electron chi connectivity index (χ3n) is 2.75. The SMILES string of the molecule is C[NH2+][C@@H](C)CC1CCCC1. The van der Waals surface area contributed by atoms with Crippen LogP contribution in [0.2, 0.25) is 0 Å².